The molecule has 1 aromatic heterocycles. The standard InChI is InChI=1S/C19H25N3O3S/c1-6-9-13-10-14(11-15(24-4)16(13)25-5)17(23)20-19-22-21-18(26-19)12(7-2)8-3/h6,9-12H,7-8H2,1-5H3,(H,20,22,23)/b9-6+. The van der Waals surface area contributed by atoms with Gasteiger partial charge in [0.2, 0.25) is 5.13 Å². The lowest BCUT2D eigenvalue weighted by atomic mass is 10.1. The van der Waals surface area contributed by atoms with Crippen LogP contribution in [0.4, 0.5) is 5.13 Å². The number of benzene rings is 1. The molecule has 0 fully saturated rings. The van der Waals surface area contributed by atoms with Gasteiger partial charge in [0.25, 0.3) is 5.91 Å². The van der Waals surface area contributed by atoms with Crippen LogP contribution < -0.4 is 14.8 Å². The maximum atomic E-state index is 12.7. The van der Waals surface area contributed by atoms with Gasteiger partial charge in [-0.05, 0) is 31.9 Å². The highest BCUT2D eigenvalue weighted by atomic mass is 32.1. The number of carbonyl (C=O) groups is 1. The fourth-order valence-electron chi connectivity index (χ4n) is 2.69. The number of hydrogen-bond acceptors (Lipinski definition) is 6. The van der Waals surface area contributed by atoms with Crippen LogP contribution in [0.15, 0.2) is 18.2 Å². The molecule has 0 spiro atoms. The van der Waals surface area contributed by atoms with Crippen molar-refractivity contribution in [2.75, 3.05) is 19.5 Å². The molecular weight excluding hydrogens is 350 g/mol. The molecule has 1 heterocycles. The quantitative estimate of drug-likeness (QED) is 0.721. The number of hydrogen-bond donors (Lipinski definition) is 1. The monoisotopic (exact) mass is 375 g/mol. The van der Waals surface area contributed by atoms with Crippen LogP contribution in [0, 0.1) is 0 Å². The first-order chi connectivity index (χ1) is 12.6. The van der Waals surface area contributed by atoms with Gasteiger partial charge in [-0.2, -0.15) is 0 Å². The number of aromatic nitrogens is 2. The van der Waals surface area contributed by atoms with Crippen molar-refractivity contribution >= 4 is 28.5 Å². The van der Waals surface area contributed by atoms with Crippen LogP contribution in [0.25, 0.3) is 6.08 Å². The molecule has 0 saturated carbocycles. The summed E-state index contributed by atoms with van der Waals surface area (Å²) in [6.45, 7) is 6.15. The minimum atomic E-state index is -0.260. The molecule has 0 unspecified atom stereocenters. The summed E-state index contributed by atoms with van der Waals surface area (Å²) in [7, 11) is 3.12. The van der Waals surface area contributed by atoms with Crippen LogP contribution in [0.5, 0.6) is 11.5 Å². The zero-order chi connectivity index (χ0) is 19.1. The molecule has 26 heavy (non-hydrogen) atoms. The van der Waals surface area contributed by atoms with Crippen molar-refractivity contribution in [2.45, 2.75) is 39.5 Å². The summed E-state index contributed by atoms with van der Waals surface area (Å²) in [6.07, 6.45) is 5.75. The largest absolute Gasteiger partial charge is 0.493 e. The zero-order valence-electron chi connectivity index (χ0n) is 15.8. The second-order valence-corrected chi connectivity index (χ2v) is 6.72. The molecule has 1 N–H and O–H groups in total. The van der Waals surface area contributed by atoms with Crippen LogP contribution >= 0.6 is 11.3 Å². The van der Waals surface area contributed by atoms with Crippen molar-refractivity contribution in [1.29, 1.82) is 0 Å². The van der Waals surface area contributed by atoms with E-state index in [2.05, 4.69) is 29.4 Å². The molecule has 2 rings (SSSR count). The Morgan fingerprint density at radius 2 is 1.96 bits per heavy atom. The van der Waals surface area contributed by atoms with E-state index in [0.717, 1.165) is 23.4 Å². The van der Waals surface area contributed by atoms with Gasteiger partial charge in [0.1, 0.15) is 5.01 Å². The second kappa shape index (κ2) is 9.33. The van der Waals surface area contributed by atoms with E-state index in [1.807, 2.05) is 19.1 Å². The van der Waals surface area contributed by atoms with Gasteiger partial charge >= 0.3 is 0 Å². The summed E-state index contributed by atoms with van der Waals surface area (Å²) >= 11 is 1.42. The van der Waals surface area contributed by atoms with E-state index < -0.39 is 0 Å². The molecule has 0 bridgehead atoms. The summed E-state index contributed by atoms with van der Waals surface area (Å²) in [5, 5.41) is 12.6. The van der Waals surface area contributed by atoms with Gasteiger partial charge in [-0.15, -0.1) is 10.2 Å². The predicted octanol–water partition coefficient (Wildman–Crippen LogP) is 4.74. The summed E-state index contributed by atoms with van der Waals surface area (Å²) < 4.78 is 10.8. The van der Waals surface area contributed by atoms with E-state index in [-0.39, 0.29) is 5.91 Å². The van der Waals surface area contributed by atoms with E-state index in [1.54, 1.807) is 26.4 Å². The number of ether oxygens (including phenoxy) is 2. The van der Waals surface area contributed by atoms with Gasteiger partial charge in [0, 0.05) is 17.0 Å². The first-order valence-corrected chi connectivity index (χ1v) is 9.42. The molecule has 0 aliphatic carbocycles. The van der Waals surface area contributed by atoms with Crippen LogP contribution in [-0.4, -0.2) is 30.3 Å². The topological polar surface area (TPSA) is 73.3 Å². The normalized spacial score (nSPS) is 11.2. The van der Waals surface area contributed by atoms with Crippen molar-refractivity contribution in [3.8, 4) is 11.5 Å². The fourth-order valence-corrected chi connectivity index (χ4v) is 3.69. The molecule has 1 aromatic carbocycles. The van der Waals surface area contributed by atoms with Gasteiger partial charge in [-0.1, -0.05) is 37.3 Å². The Bertz CT molecular complexity index is 782. The van der Waals surface area contributed by atoms with Crippen molar-refractivity contribution < 1.29 is 14.3 Å². The highest BCUT2D eigenvalue weighted by Crippen LogP contribution is 2.34. The van der Waals surface area contributed by atoms with Gasteiger partial charge in [0.05, 0.1) is 14.2 Å². The molecule has 140 valence electrons. The number of anilines is 1. The summed E-state index contributed by atoms with van der Waals surface area (Å²) in [4.78, 5) is 12.7. The number of rotatable bonds is 8. The van der Waals surface area contributed by atoms with Crippen molar-refractivity contribution in [1.82, 2.24) is 10.2 Å². The third-order valence-electron chi connectivity index (χ3n) is 4.11. The minimum absolute atomic E-state index is 0.260. The van der Waals surface area contributed by atoms with E-state index in [9.17, 15) is 4.79 Å². The summed E-state index contributed by atoms with van der Waals surface area (Å²) in [6, 6.07) is 3.42. The third kappa shape index (κ3) is 4.40. The number of allylic oxidation sites excluding steroid dienone is 1. The van der Waals surface area contributed by atoms with Crippen LogP contribution in [0.2, 0.25) is 0 Å². The Labute approximate surface area is 158 Å². The smallest absolute Gasteiger partial charge is 0.257 e. The molecule has 0 aliphatic heterocycles. The number of nitrogens with zero attached hydrogens (tertiary/aromatic N) is 2. The van der Waals surface area contributed by atoms with Crippen LogP contribution in [-0.2, 0) is 0 Å². The Morgan fingerprint density at radius 3 is 2.54 bits per heavy atom. The molecule has 2 aromatic rings. The molecule has 0 saturated heterocycles. The number of methoxy groups -OCH3 is 2. The Morgan fingerprint density at radius 1 is 1.23 bits per heavy atom. The van der Waals surface area contributed by atoms with Crippen LogP contribution in [0.3, 0.4) is 0 Å². The predicted molar refractivity (Wildman–Crippen MR) is 105 cm³/mol. The van der Waals surface area contributed by atoms with E-state index in [1.165, 1.54) is 11.3 Å². The van der Waals surface area contributed by atoms with Crippen molar-refractivity contribution in [2.24, 2.45) is 0 Å². The van der Waals surface area contributed by atoms with Gasteiger partial charge in [-0.25, -0.2) is 0 Å². The first kappa shape index (κ1) is 19.9. The number of nitrogens with one attached hydrogen (secondary N) is 1. The van der Waals surface area contributed by atoms with Gasteiger partial charge in [0.15, 0.2) is 11.5 Å². The highest BCUT2D eigenvalue weighted by molar-refractivity contribution is 7.15. The Balaban J connectivity index is 2.28. The average Bonchev–Trinajstić information content (AvgIpc) is 3.10. The molecule has 6 nitrogen and oxygen atoms in total. The van der Waals surface area contributed by atoms with Gasteiger partial charge in [-0.3, -0.25) is 10.1 Å². The number of carbonyl (C=O) groups excluding carboxylic acids is 1. The molecular formula is C19H25N3O3S. The Hall–Kier alpha value is -2.41. The lowest BCUT2D eigenvalue weighted by Gasteiger charge is -2.13. The molecule has 1 amide bonds. The number of amides is 1. The van der Waals surface area contributed by atoms with E-state index >= 15 is 0 Å². The second-order valence-electron chi connectivity index (χ2n) is 5.71. The van der Waals surface area contributed by atoms with E-state index in [4.69, 9.17) is 9.47 Å². The SMILES string of the molecule is C/C=C/c1cc(C(=O)Nc2nnc(C(CC)CC)s2)cc(OC)c1OC. The average molecular weight is 375 g/mol. The first-order valence-electron chi connectivity index (χ1n) is 8.61. The summed E-state index contributed by atoms with van der Waals surface area (Å²) in [5.74, 6) is 1.21. The lowest BCUT2D eigenvalue weighted by molar-refractivity contribution is 0.102. The Kier molecular flexibility index (Phi) is 7.15. The fraction of sp³-hybridized carbons (Fsp3) is 0.421. The van der Waals surface area contributed by atoms with Crippen LogP contribution in [0.1, 0.15) is 60.5 Å². The van der Waals surface area contributed by atoms with Crippen molar-refractivity contribution in [3.63, 3.8) is 0 Å². The highest BCUT2D eigenvalue weighted by Gasteiger charge is 2.18. The summed E-state index contributed by atoms with van der Waals surface area (Å²) in [5.41, 5.74) is 1.24. The molecule has 0 radical (unpaired) electrons. The van der Waals surface area contributed by atoms with E-state index in [0.29, 0.717) is 28.1 Å². The van der Waals surface area contributed by atoms with Crippen molar-refractivity contribution in [3.05, 3.63) is 34.3 Å². The maximum Gasteiger partial charge on any atom is 0.257 e. The molecule has 7 heteroatoms. The zero-order valence-corrected chi connectivity index (χ0v) is 16.6. The maximum absolute atomic E-state index is 12.7. The molecule has 0 atom stereocenters. The minimum Gasteiger partial charge on any atom is -0.493 e. The third-order valence-corrected chi connectivity index (χ3v) is 5.11. The van der Waals surface area contributed by atoms with Gasteiger partial charge < -0.3 is 9.47 Å². The lowest BCUT2D eigenvalue weighted by Crippen LogP contribution is -2.12. The molecule has 0 aliphatic rings.